The lowest BCUT2D eigenvalue weighted by atomic mass is 9.97. The first-order valence-corrected chi connectivity index (χ1v) is 6.94. The van der Waals surface area contributed by atoms with E-state index in [1.54, 1.807) is 0 Å². The minimum atomic E-state index is 0.419. The first-order chi connectivity index (χ1) is 7.27. The van der Waals surface area contributed by atoms with E-state index in [0.717, 1.165) is 25.2 Å². The van der Waals surface area contributed by atoms with E-state index in [0.29, 0.717) is 5.92 Å². The summed E-state index contributed by atoms with van der Waals surface area (Å²) in [6, 6.07) is 0. The molecule has 0 amide bonds. The van der Waals surface area contributed by atoms with Crippen molar-refractivity contribution >= 4 is 17.5 Å². The quantitative estimate of drug-likeness (QED) is 0.447. The minimum absolute atomic E-state index is 0.419. The maximum Gasteiger partial charge on any atom is 0.0624 e. The number of oxime groups is 1. The van der Waals surface area contributed by atoms with Crippen molar-refractivity contribution in [2.75, 3.05) is 31.1 Å². The lowest BCUT2D eigenvalue weighted by Gasteiger charge is -2.31. The normalized spacial score (nSPS) is 26.0. The van der Waals surface area contributed by atoms with Gasteiger partial charge in [-0.1, -0.05) is 19.0 Å². The molecule has 1 fully saturated rings. The lowest BCUT2D eigenvalue weighted by molar-refractivity contribution is 0.237. The topological polar surface area (TPSA) is 35.8 Å². The summed E-state index contributed by atoms with van der Waals surface area (Å²) in [5, 5.41) is 12.1. The molecule has 0 aromatic heterocycles. The highest BCUT2D eigenvalue weighted by Crippen LogP contribution is 2.14. The highest BCUT2D eigenvalue weighted by atomic mass is 32.2. The van der Waals surface area contributed by atoms with Crippen molar-refractivity contribution in [2.45, 2.75) is 26.7 Å². The molecule has 3 nitrogen and oxygen atoms in total. The molecular formula is C11H22N2OS. The van der Waals surface area contributed by atoms with Crippen LogP contribution < -0.4 is 0 Å². The number of nitrogens with zero attached hydrogens (tertiary/aromatic N) is 2. The van der Waals surface area contributed by atoms with Crippen molar-refractivity contribution in [3.05, 3.63) is 0 Å². The Morgan fingerprint density at radius 1 is 1.60 bits per heavy atom. The van der Waals surface area contributed by atoms with Crippen LogP contribution in [0.5, 0.6) is 0 Å². The predicted octanol–water partition coefficient (Wildman–Crippen LogP) is 2.30. The van der Waals surface area contributed by atoms with Crippen molar-refractivity contribution in [3.8, 4) is 0 Å². The number of hydrogen-bond donors (Lipinski definition) is 1. The summed E-state index contributed by atoms with van der Waals surface area (Å²) in [7, 11) is 0. The molecule has 0 saturated carbocycles. The van der Waals surface area contributed by atoms with Crippen molar-refractivity contribution in [3.63, 3.8) is 0 Å². The Labute approximate surface area is 96.9 Å². The Balaban J connectivity index is 2.17. The van der Waals surface area contributed by atoms with Crippen LogP contribution in [0.1, 0.15) is 26.7 Å². The molecule has 0 aromatic carbocycles. The van der Waals surface area contributed by atoms with Crippen LogP contribution >= 0.6 is 11.8 Å². The van der Waals surface area contributed by atoms with E-state index in [1.807, 2.05) is 11.8 Å². The highest BCUT2D eigenvalue weighted by Gasteiger charge is 2.21. The zero-order valence-electron chi connectivity index (χ0n) is 9.78. The van der Waals surface area contributed by atoms with Gasteiger partial charge >= 0.3 is 0 Å². The molecule has 0 aliphatic carbocycles. The maximum atomic E-state index is 8.76. The largest absolute Gasteiger partial charge is 0.411 e. The first-order valence-electron chi connectivity index (χ1n) is 5.78. The van der Waals surface area contributed by atoms with Gasteiger partial charge in [0.15, 0.2) is 0 Å². The molecule has 4 heteroatoms. The van der Waals surface area contributed by atoms with E-state index in [4.69, 9.17) is 5.21 Å². The van der Waals surface area contributed by atoms with Gasteiger partial charge in [0.1, 0.15) is 0 Å². The van der Waals surface area contributed by atoms with Gasteiger partial charge in [0.25, 0.3) is 0 Å². The third-order valence-corrected chi connectivity index (χ3v) is 3.87. The summed E-state index contributed by atoms with van der Waals surface area (Å²) < 4.78 is 0. The number of rotatable bonds is 5. The van der Waals surface area contributed by atoms with Crippen LogP contribution in [0.15, 0.2) is 5.16 Å². The highest BCUT2D eigenvalue weighted by molar-refractivity contribution is 7.99. The van der Waals surface area contributed by atoms with Gasteiger partial charge in [0, 0.05) is 25.4 Å². The van der Waals surface area contributed by atoms with Gasteiger partial charge < -0.3 is 10.1 Å². The molecular weight excluding hydrogens is 208 g/mol. The summed E-state index contributed by atoms with van der Waals surface area (Å²) in [6.45, 7) is 7.65. The predicted molar refractivity (Wildman–Crippen MR) is 67.1 cm³/mol. The smallest absolute Gasteiger partial charge is 0.0624 e. The van der Waals surface area contributed by atoms with Gasteiger partial charge in [-0.3, -0.25) is 0 Å². The fourth-order valence-corrected chi connectivity index (χ4v) is 2.61. The monoisotopic (exact) mass is 230 g/mol. The molecule has 1 rings (SSSR count). The molecule has 1 atom stereocenters. The Morgan fingerprint density at radius 3 is 3.00 bits per heavy atom. The number of piperidine rings is 1. The zero-order chi connectivity index (χ0) is 11.1. The second-order valence-electron chi connectivity index (χ2n) is 4.09. The Kier molecular flexibility index (Phi) is 6.10. The molecule has 15 heavy (non-hydrogen) atoms. The third-order valence-electron chi connectivity index (χ3n) is 2.88. The number of hydrogen-bond acceptors (Lipinski definition) is 4. The van der Waals surface area contributed by atoms with Crippen molar-refractivity contribution in [2.24, 2.45) is 11.1 Å². The van der Waals surface area contributed by atoms with Gasteiger partial charge in [0.2, 0.25) is 0 Å². The summed E-state index contributed by atoms with van der Waals surface area (Å²) >= 11 is 2.01. The Hall–Kier alpha value is -0.220. The molecule has 1 aliphatic heterocycles. The average molecular weight is 230 g/mol. The molecule has 0 aromatic rings. The van der Waals surface area contributed by atoms with E-state index in [2.05, 4.69) is 23.9 Å². The number of thioether (sulfide) groups is 1. The van der Waals surface area contributed by atoms with Crippen LogP contribution in [0.25, 0.3) is 0 Å². The van der Waals surface area contributed by atoms with Gasteiger partial charge in [-0.15, -0.1) is 0 Å². The van der Waals surface area contributed by atoms with E-state index in [-0.39, 0.29) is 0 Å². The zero-order valence-corrected chi connectivity index (χ0v) is 10.6. The van der Waals surface area contributed by atoms with Crippen LogP contribution in [-0.4, -0.2) is 47.0 Å². The Morgan fingerprint density at radius 2 is 2.40 bits per heavy atom. The van der Waals surface area contributed by atoms with Crippen LogP contribution in [0.4, 0.5) is 0 Å². The summed E-state index contributed by atoms with van der Waals surface area (Å²) in [5.74, 6) is 2.91. The van der Waals surface area contributed by atoms with Crippen molar-refractivity contribution < 1.29 is 5.21 Å². The van der Waals surface area contributed by atoms with Crippen LogP contribution in [0.2, 0.25) is 0 Å². The SMILES string of the molecule is CCSCCCN1CCC(=NO)C(C)C1. The molecule has 88 valence electrons. The Bertz CT molecular complexity index is 209. The standard InChI is InChI=1S/C11H22N2OS/c1-3-15-8-4-6-13-7-5-11(12-14)10(2)9-13/h10,14H,3-9H2,1-2H3. The molecule has 1 saturated heterocycles. The average Bonchev–Trinajstić information content (AvgIpc) is 2.25. The minimum Gasteiger partial charge on any atom is -0.411 e. The van der Waals surface area contributed by atoms with Crippen LogP contribution in [0, 0.1) is 5.92 Å². The van der Waals surface area contributed by atoms with Gasteiger partial charge in [0.05, 0.1) is 5.71 Å². The van der Waals surface area contributed by atoms with E-state index >= 15 is 0 Å². The van der Waals surface area contributed by atoms with Gasteiger partial charge in [-0.2, -0.15) is 11.8 Å². The molecule has 1 heterocycles. The fourth-order valence-electron chi connectivity index (χ4n) is 1.99. The molecule has 1 N–H and O–H groups in total. The van der Waals surface area contributed by atoms with Crippen molar-refractivity contribution in [1.29, 1.82) is 0 Å². The maximum absolute atomic E-state index is 8.76. The van der Waals surface area contributed by atoms with E-state index in [1.165, 1.54) is 24.5 Å². The summed E-state index contributed by atoms with van der Waals surface area (Å²) in [4.78, 5) is 2.48. The van der Waals surface area contributed by atoms with E-state index in [9.17, 15) is 0 Å². The van der Waals surface area contributed by atoms with E-state index < -0.39 is 0 Å². The van der Waals surface area contributed by atoms with Crippen LogP contribution in [0.3, 0.4) is 0 Å². The number of likely N-dealkylation sites (tertiary alicyclic amines) is 1. The fraction of sp³-hybridized carbons (Fsp3) is 0.909. The van der Waals surface area contributed by atoms with Gasteiger partial charge in [-0.25, -0.2) is 0 Å². The second kappa shape index (κ2) is 7.12. The molecule has 0 radical (unpaired) electrons. The molecule has 0 bridgehead atoms. The summed E-state index contributed by atoms with van der Waals surface area (Å²) in [5.41, 5.74) is 0.967. The van der Waals surface area contributed by atoms with Gasteiger partial charge in [-0.05, 0) is 24.5 Å². The van der Waals surface area contributed by atoms with Crippen molar-refractivity contribution in [1.82, 2.24) is 4.90 Å². The first kappa shape index (κ1) is 12.8. The molecule has 0 spiro atoms. The molecule has 1 aliphatic rings. The molecule has 1 unspecified atom stereocenters. The third kappa shape index (κ3) is 4.43. The lowest BCUT2D eigenvalue weighted by Crippen LogP contribution is -2.40. The summed E-state index contributed by atoms with van der Waals surface area (Å²) in [6.07, 6.45) is 2.20. The second-order valence-corrected chi connectivity index (χ2v) is 5.49. The van der Waals surface area contributed by atoms with Crippen LogP contribution in [-0.2, 0) is 0 Å².